The normalized spacial score (nSPS) is 22.5. The van der Waals surface area contributed by atoms with Gasteiger partial charge in [0.15, 0.2) is 0 Å². The maximum atomic E-state index is 9.25. The molecule has 0 amide bonds. The van der Waals surface area contributed by atoms with Crippen molar-refractivity contribution >= 4 is 0 Å². The van der Waals surface area contributed by atoms with Crippen LogP contribution in [0, 0.1) is 0 Å². The predicted octanol–water partition coefficient (Wildman–Crippen LogP) is 0.768. The molecule has 15 heavy (non-hydrogen) atoms. The smallest absolute Gasteiger partial charge is 0.0672 e. The van der Waals surface area contributed by atoms with E-state index in [9.17, 15) is 5.11 Å². The van der Waals surface area contributed by atoms with Crippen molar-refractivity contribution < 1.29 is 5.11 Å². The van der Waals surface area contributed by atoms with Crippen LogP contribution in [0.15, 0.2) is 6.20 Å². The molecule has 1 aliphatic rings. The predicted molar refractivity (Wildman–Crippen MR) is 58.6 cm³/mol. The molecule has 0 bridgehead atoms. The van der Waals surface area contributed by atoms with Gasteiger partial charge < -0.3 is 10.4 Å². The summed E-state index contributed by atoms with van der Waals surface area (Å²) in [5, 5.41) is 17.1. The first-order chi connectivity index (χ1) is 7.16. The molecule has 2 rings (SSSR count). The van der Waals surface area contributed by atoms with Crippen molar-refractivity contribution in [3.8, 4) is 0 Å². The standard InChI is InChI=1S/C11H19N3O/c1-8(15)6-12-10-4-3-5-11-9(10)7-14(2)13-11/h7-8,10,12,15H,3-6H2,1-2H3. The van der Waals surface area contributed by atoms with E-state index < -0.39 is 0 Å². The van der Waals surface area contributed by atoms with Gasteiger partial charge in [0.25, 0.3) is 0 Å². The largest absolute Gasteiger partial charge is 0.392 e. The van der Waals surface area contributed by atoms with Gasteiger partial charge in [-0.25, -0.2) is 0 Å². The third kappa shape index (κ3) is 2.38. The number of hydrogen-bond acceptors (Lipinski definition) is 3. The molecular weight excluding hydrogens is 190 g/mol. The number of nitrogens with zero attached hydrogens (tertiary/aromatic N) is 2. The Morgan fingerprint density at radius 2 is 2.53 bits per heavy atom. The Hall–Kier alpha value is -0.870. The van der Waals surface area contributed by atoms with Crippen molar-refractivity contribution in [1.82, 2.24) is 15.1 Å². The summed E-state index contributed by atoms with van der Waals surface area (Å²) in [5.74, 6) is 0. The second kappa shape index (κ2) is 4.33. The van der Waals surface area contributed by atoms with Gasteiger partial charge in [-0.3, -0.25) is 4.68 Å². The molecule has 0 fully saturated rings. The minimum atomic E-state index is -0.285. The quantitative estimate of drug-likeness (QED) is 0.773. The van der Waals surface area contributed by atoms with Gasteiger partial charge in [0.1, 0.15) is 0 Å². The molecule has 1 aromatic heterocycles. The number of hydrogen-bond donors (Lipinski definition) is 2. The van der Waals surface area contributed by atoms with Crippen LogP contribution in [0.2, 0.25) is 0 Å². The second-order valence-electron chi connectivity index (χ2n) is 4.41. The molecule has 4 nitrogen and oxygen atoms in total. The van der Waals surface area contributed by atoms with Gasteiger partial charge in [0.05, 0.1) is 11.8 Å². The zero-order valence-corrected chi connectivity index (χ0v) is 9.40. The first-order valence-electron chi connectivity index (χ1n) is 5.60. The minimum absolute atomic E-state index is 0.285. The Balaban J connectivity index is 2.08. The van der Waals surface area contributed by atoms with Crippen molar-refractivity contribution in [2.45, 2.75) is 38.3 Å². The number of fused-ring (bicyclic) bond motifs is 1. The Kier molecular flexibility index (Phi) is 3.07. The van der Waals surface area contributed by atoms with E-state index in [0.717, 1.165) is 12.8 Å². The van der Waals surface area contributed by atoms with E-state index >= 15 is 0 Å². The van der Waals surface area contributed by atoms with Gasteiger partial charge in [0.2, 0.25) is 0 Å². The number of aromatic nitrogens is 2. The van der Waals surface area contributed by atoms with Gasteiger partial charge >= 0.3 is 0 Å². The van der Waals surface area contributed by atoms with Crippen LogP contribution in [0.4, 0.5) is 0 Å². The van der Waals surface area contributed by atoms with Gasteiger partial charge in [-0.05, 0) is 26.2 Å². The van der Waals surface area contributed by atoms with Crippen LogP contribution in [0.25, 0.3) is 0 Å². The summed E-state index contributed by atoms with van der Waals surface area (Å²) < 4.78 is 1.88. The highest BCUT2D eigenvalue weighted by Gasteiger charge is 2.22. The summed E-state index contributed by atoms with van der Waals surface area (Å²) in [6, 6.07) is 0.372. The summed E-state index contributed by atoms with van der Waals surface area (Å²) in [4.78, 5) is 0. The van der Waals surface area contributed by atoms with Crippen LogP contribution in [-0.2, 0) is 13.5 Å². The lowest BCUT2D eigenvalue weighted by Gasteiger charge is -2.23. The van der Waals surface area contributed by atoms with E-state index in [-0.39, 0.29) is 6.10 Å². The molecule has 4 heteroatoms. The number of aryl methyl sites for hydroxylation is 2. The van der Waals surface area contributed by atoms with Crippen molar-refractivity contribution in [2.24, 2.45) is 7.05 Å². The molecule has 0 aliphatic heterocycles. The Morgan fingerprint density at radius 1 is 1.73 bits per heavy atom. The van der Waals surface area contributed by atoms with Crippen molar-refractivity contribution in [3.05, 3.63) is 17.5 Å². The topological polar surface area (TPSA) is 50.1 Å². The molecular formula is C11H19N3O. The van der Waals surface area contributed by atoms with Crippen molar-refractivity contribution in [3.63, 3.8) is 0 Å². The average Bonchev–Trinajstić information content (AvgIpc) is 2.55. The van der Waals surface area contributed by atoms with Crippen LogP contribution < -0.4 is 5.32 Å². The third-order valence-electron chi connectivity index (χ3n) is 2.88. The Bertz CT molecular complexity index is 333. The van der Waals surface area contributed by atoms with E-state index in [1.807, 2.05) is 11.7 Å². The first kappa shape index (κ1) is 10.6. The molecule has 0 radical (unpaired) electrons. The minimum Gasteiger partial charge on any atom is -0.392 e. The fraction of sp³-hybridized carbons (Fsp3) is 0.727. The molecule has 2 unspecified atom stereocenters. The van der Waals surface area contributed by atoms with E-state index in [2.05, 4.69) is 16.6 Å². The molecule has 0 spiro atoms. The number of aliphatic hydroxyl groups excluding tert-OH is 1. The van der Waals surface area contributed by atoms with E-state index in [1.54, 1.807) is 6.92 Å². The maximum Gasteiger partial charge on any atom is 0.0672 e. The Morgan fingerprint density at radius 3 is 3.27 bits per heavy atom. The van der Waals surface area contributed by atoms with Crippen LogP contribution >= 0.6 is 0 Å². The molecule has 0 saturated carbocycles. The Labute approximate surface area is 90.3 Å². The van der Waals surface area contributed by atoms with Crippen molar-refractivity contribution in [1.29, 1.82) is 0 Å². The molecule has 2 N–H and O–H groups in total. The molecule has 1 aromatic rings. The van der Waals surface area contributed by atoms with E-state index in [1.165, 1.54) is 17.7 Å². The fourth-order valence-corrected chi connectivity index (χ4v) is 2.19. The highest BCUT2D eigenvalue weighted by Crippen LogP contribution is 2.28. The maximum absolute atomic E-state index is 9.25. The molecule has 2 atom stereocenters. The average molecular weight is 209 g/mol. The lowest BCUT2D eigenvalue weighted by atomic mass is 9.93. The van der Waals surface area contributed by atoms with Crippen LogP contribution in [0.5, 0.6) is 0 Å². The fourth-order valence-electron chi connectivity index (χ4n) is 2.19. The summed E-state index contributed by atoms with van der Waals surface area (Å²) in [6.07, 6.45) is 5.22. The number of nitrogens with one attached hydrogen (secondary N) is 1. The molecule has 1 aliphatic carbocycles. The van der Waals surface area contributed by atoms with Crippen LogP contribution in [-0.4, -0.2) is 27.5 Å². The lowest BCUT2D eigenvalue weighted by molar-refractivity contribution is 0.184. The lowest BCUT2D eigenvalue weighted by Crippen LogP contribution is -2.30. The molecule has 1 heterocycles. The summed E-state index contributed by atoms with van der Waals surface area (Å²) >= 11 is 0. The highest BCUT2D eigenvalue weighted by molar-refractivity contribution is 5.24. The van der Waals surface area contributed by atoms with Crippen molar-refractivity contribution in [2.75, 3.05) is 6.54 Å². The summed E-state index contributed by atoms with van der Waals surface area (Å²) in [7, 11) is 1.96. The number of aliphatic hydroxyl groups is 1. The van der Waals surface area contributed by atoms with Gasteiger partial charge in [-0.2, -0.15) is 5.10 Å². The molecule has 0 saturated heterocycles. The second-order valence-corrected chi connectivity index (χ2v) is 4.41. The molecule has 0 aromatic carbocycles. The zero-order chi connectivity index (χ0) is 10.8. The monoisotopic (exact) mass is 209 g/mol. The number of rotatable bonds is 3. The molecule has 84 valence electrons. The summed E-state index contributed by atoms with van der Waals surface area (Å²) in [6.45, 7) is 2.46. The van der Waals surface area contributed by atoms with E-state index in [4.69, 9.17) is 0 Å². The van der Waals surface area contributed by atoms with Crippen LogP contribution in [0.3, 0.4) is 0 Å². The van der Waals surface area contributed by atoms with E-state index in [0.29, 0.717) is 12.6 Å². The third-order valence-corrected chi connectivity index (χ3v) is 2.88. The van der Waals surface area contributed by atoms with Crippen LogP contribution in [0.1, 0.15) is 37.1 Å². The highest BCUT2D eigenvalue weighted by atomic mass is 16.3. The van der Waals surface area contributed by atoms with Gasteiger partial charge in [-0.15, -0.1) is 0 Å². The van der Waals surface area contributed by atoms with Gasteiger partial charge in [0, 0.05) is 31.4 Å². The SMILES string of the molecule is CC(O)CNC1CCCc2nn(C)cc21. The first-order valence-corrected chi connectivity index (χ1v) is 5.60. The van der Waals surface area contributed by atoms with Gasteiger partial charge in [-0.1, -0.05) is 0 Å². The summed E-state index contributed by atoms with van der Waals surface area (Å²) in [5.41, 5.74) is 2.52. The zero-order valence-electron chi connectivity index (χ0n) is 9.40.